The van der Waals surface area contributed by atoms with E-state index in [2.05, 4.69) is 59.7 Å². The highest BCUT2D eigenvalue weighted by Crippen LogP contribution is 2.35. The average Bonchev–Trinajstić information content (AvgIpc) is 2.46. The summed E-state index contributed by atoms with van der Waals surface area (Å²) in [6.07, 6.45) is 1.73. The minimum Gasteiger partial charge on any atom is -0.323 e. The van der Waals surface area contributed by atoms with Gasteiger partial charge in [0.2, 0.25) is 0 Å². The summed E-state index contributed by atoms with van der Waals surface area (Å²) >= 11 is 0. The van der Waals surface area contributed by atoms with Crippen molar-refractivity contribution in [3.05, 3.63) is 60.2 Å². The highest BCUT2D eigenvalue weighted by molar-refractivity contribution is 6.26. The standard InChI is InChI=1S/C17H12N2/c18-19-10-14-9-13-5-1-3-11-7-8-12-4-2-6-15(14)17(12)16(11)13/h1-10H,18H2/b19-10+. The first-order valence-electron chi connectivity index (χ1n) is 6.28. The molecule has 0 spiro atoms. The van der Waals surface area contributed by atoms with Crippen molar-refractivity contribution in [1.82, 2.24) is 0 Å². The van der Waals surface area contributed by atoms with Gasteiger partial charge in [0, 0.05) is 5.56 Å². The molecule has 0 aliphatic carbocycles. The van der Waals surface area contributed by atoms with Gasteiger partial charge < -0.3 is 5.84 Å². The number of rotatable bonds is 1. The Kier molecular flexibility index (Phi) is 2.00. The van der Waals surface area contributed by atoms with E-state index < -0.39 is 0 Å². The van der Waals surface area contributed by atoms with Crippen molar-refractivity contribution in [2.45, 2.75) is 0 Å². The Hall–Kier alpha value is -2.61. The van der Waals surface area contributed by atoms with Gasteiger partial charge in [-0.05, 0) is 38.4 Å². The van der Waals surface area contributed by atoms with E-state index in [0.717, 1.165) is 5.56 Å². The largest absolute Gasteiger partial charge is 0.323 e. The third-order valence-corrected chi connectivity index (χ3v) is 3.75. The van der Waals surface area contributed by atoms with Crippen LogP contribution in [0.15, 0.2) is 59.7 Å². The fourth-order valence-corrected chi connectivity index (χ4v) is 2.98. The first kappa shape index (κ1) is 10.3. The Balaban J connectivity index is 2.39. The van der Waals surface area contributed by atoms with Crippen LogP contribution in [-0.4, -0.2) is 6.21 Å². The van der Waals surface area contributed by atoms with Gasteiger partial charge in [0.25, 0.3) is 0 Å². The quantitative estimate of drug-likeness (QED) is 0.235. The maximum absolute atomic E-state index is 5.33. The van der Waals surface area contributed by atoms with Crippen LogP contribution in [0.4, 0.5) is 0 Å². The predicted octanol–water partition coefficient (Wildman–Crippen LogP) is 3.88. The molecule has 0 saturated heterocycles. The van der Waals surface area contributed by atoms with E-state index in [1.54, 1.807) is 6.21 Å². The lowest BCUT2D eigenvalue weighted by Gasteiger charge is -2.12. The van der Waals surface area contributed by atoms with Gasteiger partial charge in [-0.25, -0.2) is 0 Å². The normalized spacial score (nSPS) is 12.2. The number of benzene rings is 4. The zero-order valence-electron chi connectivity index (χ0n) is 10.3. The van der Waals surface area contributed by atoms with Gasteiger partial charge in [-0.2, -0.15) is 5.10 Å². The summed E-state index contributed by atoms with van der Waals surface area (Å²) in [5, 5.41) is 11.3. The van der Waals surface area contributed by atoms with Crippen molar-refractivity contribution >= 4 is 38.5 Å². The molecule has 0 atom stereocenters. The van der Waals surface area contributed by atoms with Crippen LogP contribution in [0.3, 0.4) is 0 Å². The van der Waals surface area contributed by atoms with Crippen LogP contribution >= 0.6 is 0 Å². The molecule has 0 amide bonds. The highest BCUT2D eigenvalue weighted by Gasteiger charge is 2.10. The second-order valence-electron chi connectivity index (χ2n) is 4.79. The van der Waals surface area contributed by atoms with Crippen molar-refractivity contribution in [3.63, 3.8) is 0 Å². The summed E-state index contributed by atoms with van der Waals surface area (Å²) in [5.41, 5.74) is 1.07. The summed E-state index contributed by atoms with van der Waals surface area (Å²) < 4.78 is 0. The van der Waals surface area contributed by atoms with Crippen LogP contribution in [-0.2, 0) is 0 Å². The molecule has 2 heteroatoms. The molecule has 0 heterocycles. The fourth-order valence-electron chi connectivity index (χ4n) is 2.98. The Bertz CT molecular complexity index is 922. The van der Waals surface area contributed by atoms with E-state index in [1.807, 2.05) is 0 Å². The maximum Gasteiger partial charge on any atom is 0.0544 e. The third-order valence-electron chi connectivity index (χ3n) is 3.75. The molecule has 0 aromatic heterocycles. The lowest BCUT2D eigenvalue weighted by molar-refractivity contribution is 1.26. The fraction of sp³-hybridized carbons (Fsp3) is 0. The average molecular weight is 244 g/mol. The van der Waals surface area contributed by atoms with Gasteiger partial charge >= 0.3 is 0 Å². The summed E-state index contributed by atoms with van der Waals surface area (Å²) in [6.45, 7) is 0. The zero-order valence-corrected chi connectivity index (χ0v) is 10.3. The summed E-state index contributed by atoms with van der Waals surface area (Å²) in [5.74, 6) is 5.33. The molecule has 90 valence electrons. The zero-order chi connectivity index (χ0) is 12.8. The molecule has 0 aliphatic rings. The molecule has 4 rings (SSSR count). The van der Waals surface area contributed by atoms with E-state index in [1.165, 1.54) is 32.3 Å². The Morgan fingerprint density at radius 2 is 1.47 bits per heavy atom. The third kappa shape index (κ3) is 1.34. The molecular weight excluding hydrogens is 232 g/mol. The number of nitrogens with two attached hydrogens (primary N) is 1. The molecule has 4 aromatic rings. The monoisotopic (exact) mass is 244 g/mol. The molecule has 2 nitrogen and oxygen atoms in total. The Labute approximate surface area is 110 Å². The summed E-state index contributed by atoms with van der Waals surface area (Å²) in [4.78, 5) is 0. The van der Waals surface area contributed by atoms with E-state index >= 15 is 0 Å². The second kappa shape index (κ2) is 3.69. The number of hydrogen-bond acceptors (Lipinski definition) is 2. The SMILES string of the molecule is N/N=C/c1cc2cccc3ccc4cccc1c4c32. The van der Waals surface area contributed by atoms with Crippen molar-refractivity contribution in [1.29, 1.82) is 0 Å². The van der Waals surface area contributed by atoms with Crippen LogP contribution < -0.4 is 5.84 Å². The molecule has 0 radical (unpaired) electrons. The molecule has 4 aromatic carbocycles. The van der Waals surface area contributed by atoms with Crippen molar-refractivity contribution in [2.24, 2.45) is 10.9 Å². The number of hydrazone groups is 1. The minimum absolute atomic E-state index is 1.07. The van der Waals surface area contributed by atoms with E-state index in [0.29, 0.717) is 0 Å². The van der Waals surface area contributed by atoms with E-state index in [4.69, 9.17) is 5.84 Å². The van der Waals surface area contributed by atoms with Gasteiger partial charge in [-0.15, -0.1) is 0 Å². The van der Waals surface area contributed by atoms with Gasteiger partial charge in [-0.3, -0.25) is 0 Å². The second-order valence-corrected chi connectivity index (χ2v) is 4.79. The van der Waals surface area contributed by atoms with E-state index in [9.17, 15) is 0 Å². The molecule has 0 fully saturated rings. The number of hydrogen-bond donors (Lipinski definition) is 1. The maximum atomic E-state index is 5.33. The van der Waals surface area contributed by atoms with Crippen LogP contribution in [0.25, 0.3) is 32.3 Å². The Morgan fingerprint density at radius 3 is 2.26 bits per heavy atom. The molecule has 2 N–H and O–H groups in total. The lowest BCUT2D eigenvalue weighted by atomic mass is 9.92. The van der Waals surface area contributed by atoms with Crippen LogP contribution in [0.5, 0.6) is 0 Å². The van der Waals surface area contributed by atoms with Crippen LogP contribution in [0.1, 0.15) is 5.56 Å². The van der Waals surface area contributed by atoms with Crippen LogP contribution in [0, 0.1) is 0 Å². The van der Waals surface area contributed by atoms with Crippen molar-refractivity contribution in [3.8, 4) is 0 Å². The highest BCUT2D eigenvalue weighted by atomic mass is 15.1. The minimum atomic E-state index is 1.07. The van der Waals surface area contributed by atoms with Crippen molar-refractivity contribution in [2.75, 3.05) is 0 Å². The van der Waals surface area contributed by atoms with Gasteiger partial charge in [0.1, 0.15) is 0 Å². The summed E-state index contributed by atoms with van der Waals surface area (Å²) in [7, 11) is 0. The molecule has 0 saturated carbocycles. The molecule has 0 unspecified atom stereocenters. The number of nitrogens with zero attached hydrogens (tertiary/aromatic N) is 1. The van der Waals surface area contributed by atoms with E-state index in [-0.39, 0.29) is 0 Å². The van der Waals surface area contributed by atoms with Crippen molar-refractivity contribution < 1.29 is 0 Å². The Morgan fingerprint density at radius 1 is 0.789 bits per heavy atom. The predicted molar refractivity (Wildman–Crippen MR) is 81.9 cm³/mol. The van der Waals surface area contributed by atoms with Crippen LogP contribution in [0.2, 0.25) is 0 Å². The first-order chi connectivity index (χ1) is 9.38. The smallest absolute Gasteiger partial charge is 0.0544 e. The molecule has 0 bridgehead atoms. The van der Waals surface area contributed by atoms with Gasteiger partial charge in [-0.1, -0.05) is 48.5 Å². The van der Waals surface area contributed by atoms with Gasteiger partial charge in [0.15, 0.2) is 0 Å². The van der Waals surface area contributed by atoms with Gasteiger partial charge in [0.05, 0.1) is 6.21 Å². The first-order valence-corrected chi connectivity index (χ1v) is 6.28. The molecule has 0 aliphatic heterocycles. The molecular formula is C17H12N2. The topological polar surface area (TPSA) is 38.4 Å². The molecule has 19 heavy (non-hydrogen) atoms. The lowest BCUT2D eigenvalue weighted by Crippen LogP contribution is -1.91. The summed E-state index contributed by atoms with van der Waals surface area (Å²) in [6, 6.07) is 19.3.